The average Bonchev–Trinajstić information content (AvgIpc) is 3.61. The molecule has 0 atom stereocenters. The number of rotatable bonds is 14. The van der Waals surface area contributed by atoms with Crippen molar-refractivity contribution in [3.05, 3.63) is 111 Å². The SMILES string of the molecule is N#CC(C#N)(C#N)N(C1CCC(C(=O)O)CC1)S(=O)(=O)c1cccc(C(=O)Nc2sc3c(c2C(=O)Nc2ccc(CCCc4ccc(C(=O)O)cc4)cc2)CCCC3)c1. The summed E-state index contributed by atoms with van der Waals surface area (Å²) in [7, 11) is -4.79. The molecule has 1 saturated carbocycles. The Balaban J connectivity index is 1.19. The van der Waals surface area contributed by atoms with Crippen molar-refractivity contribution in [1.82, 2.24) is 4.31 Å². The largest absolute Gasteiger partial charge is 0.481 e. The van der Waals surface area contributed by atoms with Crippen LogP contribution < -0.4 is 10.6 Å². The van der Waals surface area contributed by atoms with E-state index in [9.17, 15) is 48.5 Å². The third kappa shape index (κ3) is 9.19. The van der Waals surface area contributed by atoms with Crippen molar-refractivity contribution < 1.29 is 37.8 Å². The van der Waals surface area contributed by atoms with E-state index in [1.54, 1.807) is 42.5 Å². The highest BCUT2D eigenvalue weighted by atomic mass is 32.2. The number of sulfonamides is 1. The molecule has 2 aliphatic carbocycles. The molecule has 0 spiro atoms. The second-order valence-electron chi connectivity index (χ2n) is 14.6. The zero-order valence-corrected chi connectivity index (χ0v) is 33.4. The Labute approximate surface area is 345 Å². The summed E-state index contributed by atoms with van der Waals surface area (Å²) in [6.45, 7) is 0. The summed E-state index contributed by atoms with van der Waals surface area (Å²) in [4.78, 5) is 51.0. The van der Waals surface area contributed by atoms with Crippen LogP contribution in [0.1, 0.15) is 97.6 Å². The summed E-state index contributed by atoms with van der Waals surface area (Å²) >= 11 is 1.29. The first-order chi connectivity index (χ1) is 28.3. The van der Waals surface area contributed by atoms with E-state index < -0.39 is 56.2 Å². The number of aryl methyl sites for hydroxylation is 3. The maximum atomic E-state index is 14.3. The van der Waals surface area contributed by atoms with Gasteiger partial charge in [0.2, 0.25) is 10.0 Å². The summed E-state index contributed by atoms with van der Waals surface area (Å²) in [5, 5.41) is 54.5. The Bertz CT molecular complexity index is 2470. The Kier molecular flexibility index (Phi) is 12.9. The van der Waals surface area contributed by atoms with Crippen LogP contribution in [0.15, 0.2) is 77.7 Å². The number of nitrogens with one attached hydrogen (secondary N) is 2. The summed E-state index contributed by atoms with van der Waals surface area (Å²) in [6, 6.07) is 22.9. The molecule has 6 rings (SSSR count). The van der Waals surface area contributed by atoms with Gasteiger partial charge in [-0.1, -0.05) is 30.3 Å². The van der Waals surface area contributed by atoms with Gasteiger partial charge in [-0.25, -0.2) is 13.2 Å². The molecular weight excluding hydrogens is 793 g/mol. The number of carboxylic acid groups (broad SMARTS) is 2. The molecule has 1 heterocycles. The molecule has 0 saturated heterocycles. The number of thiophene rings is 1. The van der Waals surface area contributed by atoms with E-state index >= 15 is 0 Å². The quantitative estimate of drug-likeness (QED) is 0.101. The average molecular weight is 833 g/mol. The number of carbonyl (C=O) groups is 4. The number of nitrogens with zero attached hydrogens (tertiary/aromatic N) is 4. The molecule has 3 aromatic carbocycles. The van der Waals surface area contributed by atoms with Crippen molar-refractivity contribution in [3.8, 4) is 18.2 Å². The topological polar surface area (TPSA) is 242 Å². The molecule has 302 valence electrons. The number of hydrogen-bond acceptors (Lipinski definition) is 10. The lowest BCUT2D eigenvalue weighted by Gasteiger charge is -2.38. The molecule has 0 aliphatic heterocycles. The van der Waals surface area contributed by atoms with Gasteiger partial charge < -0.3 is 20.8 Å². The molecule has 2 amide bonds. The van der Waals surface area contributed by atoms with Crippen molar-refractivity contribution in [2.45, 2.75) is 87.1 Å². The van der Waals surface area contributed by atoms with Crippen LogP contribution in [-0.2, 0) is 40.5 Å². The van der Waals surface area contributed by atoms with Crippen LogP contribution in [0.25, 0.3) is 0 Å². The molecule has 2 aliphatic rings. The van der Waals surface area contributed by atoms with Crippen LogP contribution in [0.4, 0.5) is 10.7 Å². The lowest BCUT2D eigenvalue weighted by molar-refractivity contribution is -0.143. The van der Waals surface area contributed by atoms with Gasteiger partial charge in [0.1, 0.15) is 23.2 Å². The fourth-order valence-corrected chi connectivity index (χ4v) is 10.8. The minimum absolute atomic E-state index is 0.00461. The molecule has 16 heteroatoms. The van der Waals surface area contributed by atoms with Gasteiger partial charge in [0.05, 0.1) is 21.9 Å². The lowest BCUT2D eigenvalue weighted by Crippen LogP contribution is -2.55. The van der Waals surface area contributed by atoms with E-state index in [0.717, 1.165) is 66.2 Å². The van der Waals surface area contributed by atoms with E-state index in [-0.39, 0.29) is 36.8 Å². The molecule has 4 N–H and O–H groups in total. The van der Waals surface area contributed by atoms with Crippen LogP contribution in [0.5, 0.6) is 0 Å². The summed E-state index contributed by atoms with van der Waals surface area (Å²) in [6.07, 6.45) is 5.67. The fraction of sp³-hybridized carbons (Fsp3) is 0.326. The number of nitriles is 3. The summed E-state index contributed by atoms with van der Waals surface area (Å²) in [5.74, 6) is -3.87. The Morgan fingerprint density at radius 3 is 1.98 bits per heavy atom. The van der Waals surface area contributed by atoms with E-state index in [2.05, 4.69) is 10.6 Å². The minimum Gasteiger partial charge on any atom is -0.481 e. The number of anilines is 2. The zero-order chi connectivity index (χ0) is 42.3. The number of fused-ring (bicyclic) bond motifs is 1. The van der Waals surface area contributed by atoms with E-state index in [0.29, 0.717) is 27.0 Å². The number of carboxylic acids is 2. The first kappa shape index (κ1) is 42.2. The number of aromatic carboxylic acids is 1. The molecule has 1 aromatic heterocycles. The third-order valence-electron chi connectivity index (χ3n) is 10.8. The lowest BCUT2D eigenvalue weighted by atomic mass is 9.85. The van der Waals surface area contributed by atoms with Crippen molar-refractivity contribution in [2.24, 2.45) is 5.92 Å². The number of carbonyl (C=O) groups excluding carboxylic acids is 2. The standard InChI is InChI=1S/C43H40N6O8S2/c44-24-43(25-45,26-46)49(33-21-17-30(18-22-33)42(54)55)59(56,57)34-8-4-7-31(23-34)38(50)48-40-37(35-9-1-2-10-36(35)58-40)39(51)47-32-19-13-28(14-20-32)6-3-5-27-11-15-29(16-12-27)41(52)53/h4,7-8,11-16,19-20,23,30,33H,1-3,5-6,9-10,17-18,21-22H2,(H,47,51)(H,48,50)(H,52,53)(H,54,55). The maximum absolute atomic E-state index is 14.3. The smallest absolute Gasteiger partial charge is 0.335 e. The Hall–Kier alpha value is -6.38. The number of aliphatic carboxylic acids is 1. The first-order valence-corrected chi connectivity index (χ1v) is 21.4. The molecule has 4 aromatic rings. The van der Waals surface area contributed by atoms with Gasteiger partial charge in [0, 0.05) is 22.2 Å². The van der Waals surface area contributed by atoms with E-state index in [1.165, 1.54) is 29.5 Å². The second kappa shape index (κ2) is 18.0. The molecule has 0 bridgehead atoms. The molecular formula is C43H40N6O8S2. The maximum Gasteiger partial charge on any atom is 0.335 e. The van der Waals surface area contributed by atoms with Gasteiger partial charge in [-0.3, -0.25) is 14.4 Å². The predicted molar refractivity (Wildman–Crippen MR) is 217 cm³/mol. The highest BCUT2D eigenvalue weighted by Crippen LogP contribution is 2.40. The van der Waals surface area contributed by atoms with Crippen LogP contribution >= 0.6 is 11.3 Å². The number of hydrogen-bond donors (Lipinski definition) is 4. The van der Waals surface area contributed by atoms with Crippen LogP contribution in [-0.4, -0.2) is 58.3 Å². The van der Waals surface area contributed by atoms with Crippen LogP contribution in [0, 0.1) is 39.9 Å². The molecule has 1 fully saturated rings. The Morgan fingerprint density at radius 2 is 1.39 bits per heavy atom. The van der Waals surface area contributed by atoms with E-state index in [4.69, 9.17) is 5.11 Å². The van der Waals surface area contributed by atoms with E-state index in [1.807, 2.05) is 24.3 Å². The van der Waals surface area contributed by atoms with Crippen LogP contribution in [0.3, 0.4) is 0 Å². The molecule has 59 heavy (non-hydrogen) atoms. The normalized spacial score (nSPS) is 16.4. The molecule has 14 nitrogen and oxygen atoms in total. The second-order valence-corrected chi connectivity index (χ2v) is 17.5. The minimum atomic E-state index is -4.79. The molecule has 0 unspecified atom stereocenters. The van der Waals surface area contributed by atoms with Crippen LogP contribution in [0.2, 0.25) is 0 Å². The monoisotopic (exact) mass is 832 g/mol. The van der Waals surface area contributed by atoms with Crippen molar-refractivity contribution >= 4 is 55.8 Å². The van der Waals surface area contributed by atoms with Crippen molar-refractivity contribution in [1.29, 1.82) is 15.8 Å². The first-order valence-electron chi connectivity index (χ1n) is 19.1. The number of benzene rings is 3. The highest BCUT2D eigenvalue weighted by Gasteiger charge is 2.51. The van der Waals surface area contributed by atoms with Crippen molar-refractivity contribution in [2.75, 3.05) is 10.6 Å². The van der Waals surface area contributed by atoms with Gasteiger partial charge in [-0.15, -0.1) is 15.6 Å². The number of amides is 2. The summed E-state index contributed by atoms with van der Waals surface area (Å²) in [5.41, 5.74) is 1.21. The van der Waals surface area contributed by atoms with Gasteiger partial charge >= 0.3 is 11.9 Å². The summed E-state index contributed by atoms with van der Waals surface area (Å²) < 4.78 is 29.1. The molecule has 0 radical (unpaired) electrons. The highest BCUT2D eigenvalue weighted by molar-refractivity contribution is 7.89. The van der Waals surface area contributed by atoms with Gasteiger partial charge in [-0.2, -0.15) is 15.8 Å². The predicted octanol–water partition coefficient (Wildman–Crippen LogP) is 6.95. The van der Waals surface area contributed by atoms with Gasteiger partial charge in [0.15, 0.2) is 0 Å². The van der Waals surface area contributed by atoms with Gasteiger partial charge in [-0.05, 0) is 130 Å². The Morgan fingerprint density at radius 1 is 0.780 bits per heavy atom. The third-order valence-corrected chi connectivity index (χ3v) is 14.0. The van der Waals surface area contributed by atoms with Gasteiger partial charge in [0.25, 0.3) is 17.4 Å². The fourth-order valence-electron chi connectivity index (χ4n) is 7.67. The van der Waals surface area contributed by atoms with Crippen molar-refractivity contribution in [3.63, 3.8) is 0 Å². The zero-order valence-electron chi connectivity index (χ0n) is 31.8.